The Morgan fingerprint density at radius 1 is 1.00 bits per heavy atom. The fourth-order valence-corrected chi connectivity index (χ4v) is 3.64. The molecule has 3 rings (SSSR count). The van der Waals surface area contributed by atoms with Crippen molar-refractivity contribution in [2.24, 2.45) is 0 Å². The van der Waals surface area contributed by atoms with Crippen molar-refractivity contribution in [2.45, 2.75) is 13.5 Å². The summed E-state index contributed by atoms with van der Waals surface area (Å²) in [6, 6.07) is 17.8. The summed E-state index contributed by atoms with van der Waals surface area (Å²) in [6.07, 6.45) is 0. The van der Waals surface area contributed by atoms with Crippen molar-refractivity contribution in [1.29, 1.82) is 0 Å². The third-order valence-corrected chi connectivity index (χ3v) is 5.33. The molecule has 1 aliphatic heterocycles. The standard InChI is InChI=1S/C23H30N4O2S/c1-2-29-22(28)20-8-10-21(11-9-20)25-23(30)24-12-13-26-14-16-27(17-15-26)18-19-6-4-3-5-7-19/h3-11H,2,12-18H2,1H3,(H2,24,25,30). The van der Waals surface area contributed by atoms with E-state index in [0.717, 1.165) is 51.5 Å². The Morgan fingerprint density at radius 2 is 1.67 bits per heavy atom. The summed E-state index contributed by atoms with van der Waals surface area (Å²) in [6.45, 7) is 9.27. The van der Waals surface area contributed by atoms with Gasteiger partial charge >= 0.3 is 5.97 Å². The smallest absolute Gasteiger partial charge is 0.338 e. The molecule has 7 heteroatoms. The van der Waals surface area contributed by atoms with Gasteiger partial charge in [0, 0.05) is 51.5 Å². The van der Waals surface area contributed by atoms with E-state index in [4.69, 9.17) is 17.0 Å². The molecular formula is C23H30N4O2S. The van der Waals surface area contributed by atoms with E-state index in [1.54, 1.807) is 19.1 Å². The van der Waals surface area contributed by atoms with Gasteiger partial charge in [0.2, 0.25) is 0 Å². The highest BCUT2D eigenvalue weighted by Crippen LogP contribution is 2.11. The second-order valence-electron chi connectivity index (χ2n) is 7.28. The van der Waals surface area contributed by atoms with Gasteiger partial charge in [-0.25, -0.2) is 4.79 Å². The maximum absolute atomic E-state index is 11.7. The molecule has 160 valence electrons. The maximum Gasteiger partial charge on any atom is 0.338 e. The summed E-state index contributed by atoms with van der Waals surface area (Å²) in [4.78, 5) is 16.7. The average molecular weight is 427 g/mol. The Kier molecular flexibility index (Phi) is 8.62. The second-order valence-corrected chi connectivity index (χ2v) is 7.69. The van der Waals surface area contributed by atoms with Crippen LogP contribution in [0.1, 0.15) is 22.8 Å². The number of carbonyl (C=O) groups excluding carboxylic acids is 1. The van der Waals surface area contributed by atoms with Gasteiger partial charge in [0.05, 0.1) is 12.2 Å². The predicted molar refractivity (Wildman–Crippen MR) is 125 cm³/mol. The van der Waals surface area contributed by atoms with Crippen LogP contribution in [0.5, 0.6) is 0 Å². The lowest BCUT2D eigenvalue weighted by Crippen LogP contribution is -2.48. The van der Waals surface area contributed by atoms with E-state index in [1.165, 1.54) is 5.56 Å². The van der Waals surface area contributed by atoms with Crippen LogP contribution in [0.2, 0.25) is 0 Å². The first-order valence-corrected chi connectivity index (χ1v) is 10.9. The molecule has 0 atom stereocenters. The van der Waals surface area contributed by atoms with Gasteiger partial charge in [-0.15, -0.1) is 0 Å². The molecule has 2 aromatic carbocycles. The minimum Gasteiger partial charge on any atom is -0.462 e. The summed E-state index contributed by atoms with van der Waals surface area (Å²) in [5.74, 6) is -0.311. The molecule has 0 bridgehead atoms. The third kappa shape index (κ3) is 7.09. The van der Waals surface area contributed by atoms with E-state index in [-0.39, 0.29) is 5.97 Å². The van der Waals surface area contributed by atoms with Crippen LogP contribution in [-0.4, -0.2) is 66.8 Å². The van der Waals surface area contributed by atoms with Crippen LogP contribution in [0.4, 0.5) is 5.69 Å². The van der Waals surface area contributed by atoms with Crippen LogP contribution in [-0.2, 0) is 11.3 Å². The van der Waals surface area contributed by atoms with Crippen LogP contribution < -0.4 is 10.6 Å². The zero-order valence-electron chi connectivity index (χ0n) is 17.5. The zero-order valence-corrected chi connectivity index (χ0v) is 18.3. The molecule has 1 aliphatic rings. The number of anilines is 1. The van der Waals surface area contributed by atoms with Gasteiger partial charge < -0.3 is 15.4 Å². The molecule has 2 N–H and O–H groups in total. The number of nitrogens with zero attached hydrogens (tertiary/aromatic N) is 2. The Hall–Kier alpha value is -2.48. The lowest BCUT2D eigenvalue weighted by Gasteiger charge is -2.34. The van der Waals surface area contributed by atoms with Crippen LogP contribution in [0, 0.1) is 0 Å². The van der Waals surface area contributed by atoms with Crippen molar-refractivity contribution in [3.8, 4) is 0 Å². The number of benzene rings is 2. The van der Waals surface area contributed by atoms with Crippen molar-refractivity contribution >= 4 is 29.0 Å². The largest absolute Gasteiger partial charge is 0.462 e. The molecule has 0 saturated carbocycles. The lowest BCUT2D eigenvalue weighted by atomic mass is 10.2. The molecule has 30 heavy (non-hydrogen) atoms. The summed E-state index contributed by atoms with van der Waals surface area (Å²) in [7, 11) is 0. The van der Waals surface area contributed by atoms with Crippen molar-refractivity contribution < 1.29 is 9.53 Å². The Morgan fingerprint density at radius 3 is 2.33 bits per heavy atom. The average Bonchev–Trinajstić information content (AvgIpc) is 2.76. The van der Waals surface area contributed by atoms with E-state index in [1.807, 2.05) is 12.1 Å². The molecule has 1 heterocycles. The van der Waals surface area contributed by atoms with Crippen molar-refractivity contribution in [2.75, 3.05) is 51.2 Å². The fraction of sp³-hybridized carbons (Fsp3) is 0.391. The van der Waals surface area contributed by atoms with E-state index < -0.39 is 0 Å². The van der Waals surface area contributed by atoms with Gasteiger partial charge in [0.1, 0.15) is 0 Å². The van der Waals surface area contributed by atoms with Gasteiger partial charge in [-0.1, -0.05) is 30.3 Å². The van der Waals surface area contributed by atoms with Gasteiger partial charge in [0.15, 0.2) is 5.11 Å². The molecule has 0 amide bonds. The van der Waals surface area contributed by atoms with Gasteiger partial charge in [-0.3, -0.25) is 9.80 Å². The predicted octanol–water partition coefficient (Wildman–Crippen LogP) is 2.97. The van der Waals surface area contributed by atoms with Crippen LogP contribution in [0.3, 0.4) is 0 Å². The second kappa shape index (κ2) is 11.6. The first kappa shape index (κ1) is 22.2. The number of hydrogen-bond donors (Lipinski definition) is 2. The molecule has 6 nitrogen and oxygen atoms in total. The molecule has 0 unspecified atom stereocenters. The molecule has 0 radical (unpaired) electrons. The summed E-state index contributed by atoms with van der Waals surface area (Å²) >= 11 is 5.38. The molecule has 0 spiro atoms. The number of rotatable bonds is 8. The van der Waals surface area contributed by atoms with E-state index in [2.05, 4.69) is 50.8 Å². The minimum absolute atomic E-state index is 0.311. The summed E-state index contributed by atoms with van der Waals surface area (Å²) < 4.78 is 4.99. The number of hydrogen-bond acceptors (Lipinski definition) is 5. The fourth-order valence-electron chi connectivity index (χ4n) is 3.42. The maximum atomic E-state index is 11.7. The van der Waals surface area contributed by atoms with Crippen LogP contribution in [0.25, 0.3) is 0 Å². The normalized spacial score (nSPS) is 14.8. The molecule has 0 aliphatic carbocycles. The number of esters is 1. The zero-order chi connectivity index (χ0) is 21.2. The summed E-state index contributed by atoms with van der Waals surface area (Å²) in [5, 5.41) is 7.00. The third-order valence-electron chi connectivity index (χ3n) is 5.08. The summed E-state index contributed by atoms with van der Waals surface area (Å²) in [5.41, 5.74) is 2.75. The highest BCUT2D eigenvalue weighted by Gasteiger charge is 2.16. The number of carbonyl (C=O) groups is 1. The lowest BCUT2D eigenvalue weighted by molar-refractivity contribution is 0.0526. The van der Waals surface area contributed by atoms with E-state index >= 15 is 0 Å². The van der Waals surface area contributed by atoms with Crippen LogP contribution >= 0.6 is 12.2 Å². The monoisotopic (exact) mass is 426 g/mol. The van der Waals surface area contributed by atoms with E-state index in [0.29, 0.717) is 17.3 Å². The number of nitrogens with one attached hydrogen (secondary N) is 2. The Labute approximate surface area is 184 Å². The molecule has 1 fully saturated rings. The number of thiocarbonyl (C=S) groups is 1. The Bertz CT molecular complexity index is 806. The van der Waals surface area contributed by atoms with Crippen LogP contribution in [0.15, 0.2) is 54.6 Å². The number of piperazine rings is 1. The number of ether oxygens (including phenoxy) is 1. The highest BCUT2D eigenvalue weighted by atomic mass is 32.1. The molecular weight excluding hydrogens is 396 g/mol. The Balaban J connectivity index is 1.32. The van der Waals surface area contributed by atoms with Crippen molar-refractivity contribution in [3.63, 3.8) is 0 Å². The SMILES string of the molecule is CCOC(=O)c1ccc(NC(=S)NCCN2CCN(Cc3ccccc3)CC2)cc1. The van der Waals surface area contributed by atoms with Gasteiger partial charge in [0.25, 0.3) is 0 Å². The van der Waals surface area contributed by atoms with E-state index in [9.17, 15) is 4.79 Å². The first-order valence-electron chi connectivity index (χ1n) is 10.4. The highest BCUT2D eigenvalue weighted by molar-refractivity contribution is 7.80. The molecule has 2 aromatic rings. The first-order chi connectivity index (χ1) is 14.6. The van der Waals surface area contributed by atoms with Crippen molar-refractivity contribution in [1.82, 2.24) is 15.1 Å². The molecule has 1 saturated heterocycles. The van der Waals surface area contributed by atoms with Gasteiger partial charge in [-0.05, 0) is 49.0 Å². The van der Waals surface area contributed by atoms with Gasteiger partial charge in [-0.2, -0.15) is 0 Å². The topological polar surface area (TPSA) is 56.8 Å². The molecule has 0 aromatic heterocycles. The minimum atomic E-state index is -0.311. The van der Waals surface area contributed by atoms with Crippen molar-refractivity contribution in [3.05, 3.63) is 65.7 Å². The quantitative estimate of drug-likeness (QED) is 0.497.